The lowest BCUT2D eigenvalue weighted by Gasteiger charge is -2.06. The van der Waals surface area contributed by atoms with E-state index in [1.54, 1.807) is 30.3 Å². The van der Waals surface area contributed by atoms with Gasteiger partial charge in [-0.05, 0) is 60.2 Å². The van der Waals surface area contributed by atoms with Crippen molar-refractivity contribution in [2.24, 2.45) is 0 Å². The molecule has 0 aliphatic carbocycles. The molecule has 33 heavy (non-hydrogen) atoms. The van der Waals surface area contributed by atoms with Crippen molar-refractivity contribution in [1.29, 1.82) is 5.26 Å². The van der Waals surface area contributed by atoms with Gasteiger partial charge in [0.1, 0.15) is 22.4 Å². The van der Waals surface area contributed by atoms with Crippen LogP contribution in [0, 0.1) is 21.4 Å². The first kappa shape index (κ1) is 23.5. The van der Waals surface area contributed by atoms with E-state index in [1.807, 2.05) is 0 Å². The van der Waals surface area contributed by atoms with Gasteiger partial charge in [0.05, 0.1) is 10.5 Å². The number of benzene rings is 3. The van der Waals surface area contributed by atoms with Crippen LogP contribution in [0.5, 0.6) is 5.75 Å². The van der Waals surface area contributed by atoms with Crippen LogP contribution in [0.2, 0.25) is 10.0 Å². The highest BCUT2D eigenvalue weighted by Crippen LogP contribution is 2.27. The van der Waals surface area contributed by atoms with Crippen LogP contribution in [-0.4, -0.2) is 16.8 Å². The van der Waals surface area contributed by atoms with E-state index in [1.165, 1.54) is 42.5 Å². The van der Waals surface area contributed by atoms with Gasteiger partial charge in [0, 0.05) is 16.8 Å². The molecule has 0 fully saturated rings. The Hall–Kier alpha value is -4.19. The number of hydrogen-bond donors (Lipinski definition) is 1. The van der Waals surface area contributed by atoms with Crippen molar-refractivity contribution < 1.29 is 19.2 Å². The van der Waals surface area contributed by atoms with E-state index in [4.69, 9.17) is 27.9 Å². The average molecular weight is 482 g/mol. The molecule has 3 aromatic rings. The molecular formula is C23H13Cl2N3O5. The zero-order valence-corrected chi connectivity index (χ0v) is 18.1. The monoisotopic (exact) mass is 481 g/mol. The van der Waals surface area contributed by atoms with Crippen LogP contribution in [0.4, 0.5) is 11.4 Å². The largest absolute Gasteiger partial charge is 0.423 e. The summed E-state index contributed by atoms with van der Waals surface area (Å²) in [4.78, 5) is 34.9. The Balaban J connectivity index is 1.70. The third-order valence-corrected chi connectivity index (χ3v) is 4.82. The molecule has 0 bridgehead atoms. The number of nitro benzene ring substituents is 1. The highest BCUT2D eigenvalue weighted by molar-refractivity contribution is 6.32. The second-order valence-corrected chi connectivity index (χ2v) is 7.36. The summed E-state index contributed by atoms with van der Waals surface area (Å²) in [6.45, 7) is 0. The Kier molecular flexibility index (Phi) is 7.41. The van der Waals surface area contributed by atoms with Crippen LogP contribution in [0.1, 0.15) is 15.9 Å². The van der Waals surface area contributed by atoms with Crippen molar-refractivity contribution in [2.45, 2.75) is 0 Å². The highest BCUT2D eigenvalue weighted by Gasteiger charge is 2.16. The maximum absolute atomic E-state index is 12.4. The van der Waals surface area contributed by atoms with Gasteiger partial charge in [0.25, 0.3) is 11.6 Å². The molecule has 0 heterocycles. The topological polar surface area (TPSA) is 122 Å². The van der Waals surface area contributed by atoms with Crippen molar-refractivity contribution in [3.05, 3.63) is 104 Å². The third kappa shape index (κ3) is 6.17. The number of amides is 1. The summed E-state index contributed by atoms with van der Waals surface area (Å²) in [6, 6.07) is 17.9. The van der Waals surface area contributed by atoms with Gasteiger partial charge in [-0.3, -0.25) is 14.9 Å². The van der Waals surface area contributed by atoms with Gasteiger partial charge in [-0.15, -0.1) is 0 Å². The summed E-state index contributed by atoms with van der Waals surface area (Å²) in [5.41, 5.74) is 0.324. The molecule has 0 saturated heterocycles. The summed E-state index contributed by atoms with van der Waals surface area (Å²) in [7, 11) is 0. The molecule has 0 unspecified atom stereocenters. The number of anilines is 1. The highest BCUT2D eigenvalue weighted by atomic mass is 35.5. The van der Waals surface area contributed by atoms with Crippen molar-refractivity contribution in [1.82, 2.24) is 0 Å². The second kappa shape index (κ2) is 10.4. The van der Waals surface area contributed by atoms with E-state index in [9.17, 15) is 25.0 Å². The van der Waals surface area contributed by atoms with E-state index in [-0.39, 0.29) is 27.7 Å². The van der Waals surface area contributed by atoms with Gasteiger partial charge in [0.15, 0.2) is 0 Å². The molecule has 0 aliphatic rings. The number of ether oxygens (including phenoxy) is 1. The molecule has 3 aromatic carbocycles. The first-order chi connectivity index (χ1) is 15.8. The summed E-state index contributed by atoms with van der Waals surface area (Å²) >= 11 is 11.6. The summed E-state index contributed by atoms with van der Waals surface area (Å²) < 4.78 is 5.28. The Labute approximate surface area is 197 Å². The number of esters is 1. The first-order valence-electron chi connectivity index (χ1n) is 9.21. The van der Waals surface area contributed by atoms with Crippen molar-refractivity contribution in [2.75, 3.05) is 5.32 Å². The zero-order valence-electron chi connectivity index (χ0n) is 16.6. The summed E-state index contributed by atoms with van der Waals surface area (Å²) in [6.07, 6.45) is 1.32. The van der Waals surface area contributed by atoms with Crippen molar-refractivity contribution >= 4 is 52.5 Å². The third-order valence-electron chi connectivity index (χ3n) is 4.25. The molecular weight excluding hydrogens is 469 g/mol. The molecule has 0 saturated carbocycles. The van der Waals surface area contributed by atoms with Gasteiger partial charge in [-0.2, -0.15) is 5.26 Å². The number of nitrogens with zero attached hydrogens (tertiary/aromatic N) is 2. The SMILES string of the molecule is N#C/C(=C\c1ccc(OC(=O)c2ccc(Cl)cc2)cc1)C(=O)Nc1ccc(Cl)c([N+](=O)[O-])c1. The van der Waals surface area contributed by atoms with Gasteiger partial charge >= 0.3 is 5.97 Å². The molecule has 0 spiro atoms. The minimum Gasteiger partial charge on any atom is -0.423 e. The lowest BCUT2D eigenvalue weighted by molar-refractivity contribution is -0.384. The van der Waals surface area contributed by atoms with E-state index in [0.29, 0.717) is 16.1 Å². The number of hydrogen-bond acceptors (Lipinski definition) is 6. The summed E-state index contributed by atoms with van der Waals surface area (Å²) in [5, 5.41) is 23.2. The number of carbonyl (C=O) groups excluding carboxylic acids is 2. The second-order valence-electron chi connectivity index (χ2n) is 6.51. The van der Waals surface area contributed by atoms with Crippen LogP contribution in [-0.2, 0) is 4.79 Å². The van der Waals surface area contributed by atoms with Crippen LogP contribution in [0.15, 0.2) is 72.3 Å². The van der Waals surface area contributed by atoms with E-state index >= 15 is 0 Å². The van der Waals surface area contributed by atoms with Crippen molar-refractivity contribution in [3.8, 4) is 11.8 Å². The Bertz CT molecular complexity index is 1300. The number of rotatable bonds is 6. The maximum atomic E-state index is 12.4. The molecule has 0 aromatic heterocycles. The van der Waals surface area contributed by atoms with Crippen LogP contribution in [0.25, 0.3) is 6.08 Å². The molecule has 1 N–H and O–H groups in total. The Morgan fingerprint density at radius 2 is 1.70 bits per heavy atom. The van der Waals surface area contributed by atoms with E-state index in [2.05, 4.69) is 5.32 Å². The van der Waals surface area contributed by atoms with Crippen LogP contribution in [0.3, 0.4) is 0 Å². The lowest BCUT2D eigenvalue weighted by atomic mass is 10.1. The molecule has 0 aliphatic heterocycles. The Morgan fingerprint density at radius 3 is 2.30 bits per heavy atom. The number of nitriles is 1. The molecule has 8 nitrogen and oxygen atoms in total. The molecule has 3 rings (SSSR count). The van der Waals surface area contributed by atoms with Gasteiger partial charge in [0.2, 0.25) is 0 Å². The first-order valence-corrected chi connectivity index (χ1v) is 9.97. The molecule has 0 radical (unpaired) electrons. The summed E-state index contributed by atoms with van der Waals surface area (Å²) in [5.74, 6) is -1.06. The molecule has 1 amide bonds. The fourth-order valence-electron chi connectivity index (χ4n) is 2.63. The van der Waals surface area contributed by atoms with E-state index in [0.717, 1.165) is 6.07 Å². The molecule has 164 valence electrons. The lowest BCUT2D eigenvalue weighted by Crippen LogP contribution is -2.13. The van der Waals surface area contributed by atoms with Gasteiger partial charge in [-0.25, -0.2) is 4.79 Å². The van der Waals surface area contributed by atoms with E-state index < -0.39 is 16.8 Å². The van der Waals surface area contributed by atoms with Crippen LogP contribution < -0.4 is 10.1 Å². The minimum absolute atomic E-state index is 0.0779. The number of carbonyl (C=O) groups is 2. The quantitative estimate of drug-likeness (QED) is 0.121. The standard InChI is InChI=1S/C23H13Cl2N3O5/c24-17-5-3-15(4-6-17)23(30)33-19-8-1-14(2-9-19)11-16(13-26)22(29)27-18-7-10-20(25)21(12-18)28(31)32/h1-12H,(H,27,29)/b16-11+. The predicted octanol–water partition coefficient (Wildman–Crippen LogP) is 5.67. The van der Waals surface area contributed by atoms with Crippen molar-refractivity contribution in [3.63, 3.8) is 0 Å². The van der Waals surface area contributed by atoms with Crippen LogP contribution >= 0.6 is 23.2 Å². The molecule has 10 heteroatoms. The number of nitro groups is 1. The molecule has 0 atom stereocenters. The minimum atomic E-state index is -0.757. The fourth-order valence-corrected chi connectivity index (χ4v) is 2.94. The predicted molar refractivity (Wildman–Crippen MR) is 123 cm³/mol. The number of halogens is 2. The maximum Gasteiger partial charge on any atom is 0.343 e. The average Bonchev–Trinajstić information content (AvgIpc) is 2.80. The van der Waals surface area contributed by atoms with Gasteiger partial charge in [-0.1, -0.05) is 35.3 Å². The Morgan fingerprint density at radius 1 is 1.03 bits per heavy atom. The fraction of sp³-hybridized carbons (Fsp3) is 0. The normalized spacial score (nSPS) is 10.8. The number of nitrogens with one attached hydrogen (secondary N) is 1. The zero-order chi connectivity index (χ0) is 24.0. The smallest absolute Gasteiger partial charge is 0.343 e. The van der Waals surface area contributed by atoms with Gasteiger partial charge < -0.3 is 10.1 Å².